The first-order valence-corrected chi connectivity index (χ1v) is 6.48. The zero-order valence-corrected chi connectivity index (χ0v) is 11.5. The summed E-state index contributed by atoms with van der Waals surface area (Å²) in [6.45, 7) is 1.78. The lowest BCUT2D eigenvalue weighted by Gasteiger charge is -2.14. The number of anilines is 1. The molecule has 0 saturated heterocycles. The Morgan fingerprint density at radius 2 is 1.71 bits per heavy atom. The van der Waals surface area contributed by atoms with Crippen LogP contribution in [0.1, 0.15) is 18.5 Å². The lowest BCUT2D eigenvalue weighted by molar-refractivity contribution is -0.136. The lowest BCUT2D eigenvalue weighted by Crippen LogP contribution is -2.36. The van der Waals surface area contributed by atoms with Crippen molar-refractivity contribution in [3.63, 3.8) is 0 Å². The van der Waals surface area contributed by atoms with E-state index in [9.17, 15) is 14.0 Å². The summed E-state index contributed by atoms with van der Waals surface area (Å²) >= 11 is 0. The third kappa shape index (κ3) is 4.14. The molecule has 0 aliphatic heterocycles. The summed E-state index contributed by atoms with van der Waals surface area (Å²) in [7, 11) is 0. The fourth-order valence-corrected chi connectivity index (χ4v) is 1.84. The molecule has 0 saturated carbocycles. The van der Waals surface area contributed by atoms with Crippen LogP contribution in [-0.2, 0) is 9.59 Å². The Morgan fingerprint density at radius 1 is 1.00 bits per heavy atom. The molecule has 0 fully saturated rings. The van der Waals surface area contributed by atoms with Crippen molar-refractivity contribution in [2.24, 2.45) is 0 Å². The summed E-state index contributed by atoms with van der Waals surface area (Å²) in [5, 5.41) is 4.93. The minimum Gasteiger partial charge on any atom is -0.341 e. The highest BCUT2D eigenvalue weighted by molar-refractivity contribution is 6.39. The van der Waals surface area contributed by atoms with Crippen molar-refractivity contribution in [1.82, 2.24) is 5.32 Å². The Hall–Kier alpha value is -2.69. The molecule has 2 N–H and O–H groups in total. The Kier molecular flexibility index (Phi) is 4.66. The Labute approximate surface area is 122 Å². The monoisotopic (exact) mass is 286 g/mol. The second-order valence-corrected chi connectivity index (χ2v) is 4.57. The van der Waals surface area contributed by atoms with E-state index in [1.165, 1.54) is 18.2 Å². The van der Waals surface area contributed by atoms with Crippen molar-refractivity contribution in [1.29, 1.82) is 0 Å². The van der Waals surface area contributed by atoms with Crippen LogP contribution in [0.25, 0.3) is 0 Å². The van der Waals surface area contributed by atoms with Crippen molar-refractivity contribution >= 4 is 17.5 Å². The minimum absolute atomic E-state index is 0.238. The van der Waals surface area contributed by atoms with Crippen LogP contribution in [0.5, 0.6) is 0 Å². The van der Waals surface area contributed by atoms with Crippen LogP contribution in [0.4, 0.5) is 10.1 Å². The first kappa shape index (κ1) is 14.7. The Bertz CT molecular complexity index is 644. The molecule has 21 heavy (non-hydrogen) atoms. The topological polar surface area (TPSA) is 58.2 Å². The van der Waals surface area contributed by atoms with E-state index in [0.717, 1.165) is 11.6 Å². The van der Waals surface area contributed by atoms with Gasteiger partial charge in [-0.1, -0.05) is 36.4 Å². The molecule has 108 valence electrons. The molecule has 0 aromatic heterocycles. The molecule has 0 radical (unpaired) electrons. The van der Waals surface area contributed by atoms with E-state index in [2.05, 4.69) is 10.6 Å². The molecular formula is C16H15FN2O2. The number of hydrogen-bond donors (Lipinski definition) is 2. The average molecular weight is 286 g/mol. The molecule has 2 aromatic rings. The van der Waals surface area contributed by atoms with Gasteiger partial charge in [-0.15, -0.1) is 0 Å². The van der Waals surface area contributed by atoms with E-state index in [4.69, 9.17) is 0 Å². The van der Waals surface area contributed by atoms with E-state index in [0.29, 0.717) is 0 Å². The third-order valence-electron chi connectivity index (χ3n) is 2.94. The van der Waals surface area contributed by atoms with Crippen LogP contribution < -0.4 is 10.6 Å². The minimum atomic E-state index is -0.830. The zero-order valence-electron chi connectivity index (χ0n) is 11.5. The van der Waals surface area contributed by atoms with Gasteiger partial charge in [0.15, 0.2) is 0 Å². The highest BCUT2D eigenvalue weighted by Crippen LogP contribution is 2.12. The number of carbonyl (C=O) groups is 2. The van der Waals surface area contributed by atoms with Crippen molar-refractivity contribution in [2.45, 2.75) is 13.0 Å². The molecule has 2 aromatic carbocycles. The normalized spacial score (nSPS) is 11.5. The van der Waals surface area contributed by atoms with Gasteiger partial charge in [-0.05, 0) is 30.7 Å². The number of amides is 2. The van der Waals surface area contributed by atoms with Gasteiger partial charge in [0.1, 0.15) is 5.82 Å². The van der Waals surface area contributed by atoms with E-state index in [-0.39, 0.29) is 11.7 Å². The maximum absolute atomic E-state index is 13.0. The fraction of sp³-hybridized carbons (Fsp3) is 0.125. The number of rotatable bonds is 3. The molecule has 4 nitrogen and oxygen atoms in total. The zero-order chi connectivity index (χ0) is 15.2. The van der Waals surface area contributed by atoms with Crippen LogP contribution in [-0.4, -0.2) is 11.8 Å². The highest BCUT2D eigenvalue weighted by atomic mass is 19.1. The van der Waals surface area contributed by atoms with Gasteiger partial charge in [-0.25, -0.2) is 4.39 Å². The van der Waals surface area contributed by atoms with E-state index in [1.807, 2.05) is 30.3 Å². The van der Waals surface area contributed by atoms with Gasteiger partial charge in [-0.2, -0.15) is 0 Å². The van der Waals surface area contributed by atoms with Crippen molar-refractivity contribution in [3.05, 3.63) is 66.0 Å². The molecule has 0 bridgehead atoms. The summed E-state index contributed by atoms with van der Waals surface area (Å²) < 4.78 is 13.0. The number of nitrogens with one attached hydrogen (secondary N) is 2. The van der Waals surface area contributed by atoms with Crippen LogP contribution in [0.15, 0.2) is 54.6 Å². The molecule has 5 heteroatoms. The van der Waals surface area contributed by atoms with E-state index < -0.39 is 17.6 Å². The van der Waals surface area contributed by atoms with Gasteiger partial charge in [0.05, 0.1) is 6.04 Å². The SMILES string of the molecule is CC(NC(=O)C(=O)Nc1cccc(F)c1)c1ccccc1. The predicted molar refractivity (Wildman–Crippen MR) is 78.0 cm³/mol. The number of hydrogen-bond acceptors (Lipinski definition) is 2. The molecule has 0 aliphatic carbocycles. The molecule has 2 rings (SSSR count). The summed E-state index contributed by atoms with van der Waals surface area (Å²) in [5.74, 6) is -2.08. The average Bonchev–Trinajstić information content (AvgIpc) is 2.48. The van der Waals surface area contributed by atoms with Crippen molar-refractivity contribution < 1.29 is 14.0 Å². The van der Waals surface area contributed by atoms with E-state index >= 15 is 0 Å². The summed E-state index contributed by atoms with van der Waals surface area (Å²) in [4.78, 5) is 23.5. The molecule has 0 heterocycles. The van der Waals surface area contributed by atoms with Gasteiger partial charge in [0.2, 0.25) is 0 Å². The molecule has 0 spiro atoms. The third-order valence-corrected chi connectivity index (χ3v) is 2.94. The van der Waals surface area contributed by atoms with E-state index in [1.54, 1.807) is 6.92 Å². The lowest BCUT2D eigenvalue weighted by atomic mass is 10.1. The van der Waals surface area contributed by atoms with Gasteiger partial charge >= 0.3 is 11.8 Å². The number of carbonyl (C=O) groups excluding carboxylic acids is 2. The Balaban J connectivity index is 1.95. The number of halogens is 1. The first-order valence-electron chi connectivity index (χ1n) is 6.48. The predicted octanol–water partition coefficient (Wildman–Crippen LogP) is 2.64. The molecule has 0 aliphatic rings. The summed E-state index contributed by atoms with van der Waals surface area (Å²) in [6, 6.07) is 14.4. The molecule has 2 amide bonds. The molecular weight excluding hydrogens is 271 g/mol. The molecule has 1 atom stereocenters. The maximum atomic E-state index is 13.0. The highest BCUT2D eigenvalue weighted by Gasteiger charge is 2.17. The smallest absolute Gasteiger partial charge is 0.313 e. The largest absolute Gasteiger partial charge is 0.341 e. The van der Waals surface area contributed by atoms with Crippen molar-refractivity contribution in [3.8, 4) is 0 Å². The van der Waals surface area contributed by atoms with Crippen LogP contribution >= 0.6 is 0 Å². The van der Waals surface area contributed by atoms with Gasteiger partial charge in [-0.3, -0.25) is 9.59 Å². The van der Waals surface area contributed by atoms with Gasteiger partial charge in [0.25, 0.3) is 0 Å². The van der Waals surface area contributed by atoms with Crippen LogP contribution in [0.3, 0.4) is 0 Å². The standard InChI is InChI=1S/C16H15FN2O2/c1-11(12-6-3-2-4-7-12)18-15(20)16(21)19-14-9-5-8-13(17)10-14/h2-11H,1H3,(H,18,20)(H,19,21). The Morgan fingerprint density at radius 3 is 2.38 bits per heavy atom. The molecule has 1 unspecified atom stereocenters. The number of benzene rings is 2. The summed E-state index contributed by atoms with van der Waals surface area (Å²) in [6.07, 6.45) is 0. The fourth-order valence-electron chi connectivity index (χ4n) is 1.84. The second kappa shape index (κ2) is 6.65. The van der Waals surface area contributed by atoms with Gasteiger partial charge < -0.3 is 10.6 Å². The van der Waals surface area contributed by atoms with Gasteiger partial charge in [0, 0.05) is 5.69 Å². The van der Waals surface area contributed by atoms with Crippen LogP contribution in [0, 0.1) is 5.82 Å². The second-order valence-electron chi connectivity index (χ2n) is 4.57. The quantitative estimate of drug-likeness (QED) is 0.852. The maximum Gasteiger partial charge on any atom is 0.313 e. The first-order chi connectivity index (χ1) is 10.1. The van der Waals surface area contributed by atoms with Crippen molar-refractivity contribution in [2.75, 3.05) is 5.32 Å². The summed E-state index contributed by atoms with van der Waals surface area (Å²) in [5.41, 5.74) is 1.13. The van der Waals surface area contributed by atoms with Crippen LogP contribution in [0.2, 0.25) is 0 Å².